The molecule has 1 aromatic heterocycles. The second-order valence-corrected chi connectivity index (χ2v) is 8.06. The molecule has 1 amide bonds. The van der Waals surface area contributed by atoms with Crippen LogP contribution in [0.4, 0.5) is 9.52 Å². The van der Waals surface area contributed by atoms with E-state index in [1.165, 1.54) is 23.5 Å². The van der Waals surface area contributed by atoms with Crippen molar-refractivity contribution in [2.24, 2.45) is 0 Å². The van der Waals surface area contributed by atoms with Crippen LogP contribution in [0.25, 0.3) is 10.2 Å². The van der Waals surface area contributed by atoms with Gasteiger partial charge >= 0.3 is 0 Å². The van der Waals surface area contributed by atoms with E-state index in [1.54, 1.807) is 30.2 Å². The van der Waals surface area contributed by atoms with Gasteiger partial charge in [0.1, 0.15) is 5.82 Å². The largest absolute Gasteiger partial charge is 0.493 e. The quantitative estimate of drug-likeness (QED) is 0.531. The number of hydrogen-bond acceptors (Lipinski definition) is 7. The predicted octanol–water partition coefficient (Wildman–Crippen LogP) is 3.19. The lowest BCUT2D eigenvalue weighted by Gasteiger charge is -2.29. The summed E-state index contributed by atoms with van der Waals surface area (Å²) in [5.74, 6) is 0.510. The number of para-hydroxylation sites is 2. The highest BCUT2D eigenvalue weighted by Gasteiger charge is 2.22. The van der Waals surface area contributed by atoms with E-state index < -0.39 is 0 Å². The summed E-state index contributed by atoms with van der Waals surface area (Å²) in [7, 11) is 1.55. The lowest BCUT2D eigenvalue weighted by molar-refractivity contribution is -0.120. The Labute approximate surface area is 183 Å². The standard InChI is InChI=1S/C22H24FN3O4S/c1-28-18-4-2-3-5-19(18)30-15-21(27)26(9-8-25-10-12-29-13-11-25)22-24-17-7-6-16(23)14-20(17)31-22/h2-7,14H,8-13,15H2,1H3. The van der Waals surface area contributed by atoms with E-state index in [2.05, 4.69) is 9.88 Å². The number of rotatable bonds is 8. The Kier molecular flexibility index (Phi) is 6.96. The molecule has 0 N–H and O–H groups in total. The number of benzene rings is 2. The van der Waals surface area contributed by atoms with Crippen molar-refractivity contribution >= 4 is 32.6 Å². The van der Waals surface area contributed by atoms with Crippen LogP contribution in [0.5, 0.6) is 11.5 Å². The topological polar surface area (TPSA) is 64.1 Å². The summed E-state index contributed by atoms with van der Waals surface area (Å²) in [6.45, 7) is 4.00. The minimum Gasteiger partial charge on any atom is -0.493 e. The number of ether oxygens (including phenoxy) is 3. The van der Waals surface area contributed by atoms with Gasteiger partial charge in [-0.2, -0.15) is 0 Å². The van der Waals surface area contributed by atoms with E-state index in [4.69, 9.17) is 14.2 Å². The second-order valence-electron chi connectivity index (χ2n) is 7.05. The van der Waals surface area contributed by atoms with E-state index in [0.29, 0.717) is 53.2 Å². The van der Waals surface area contributed by atoms with Crippen LogP contribution >= 0.6 is 11.3 Å². The number of hydrogen-bond donors (Lipinski definition) is 0. The van der Waals surface area contributed by atoms with Gasteiger partial charge in [0.05, 0.1) is 30.5 Å². The molecule has 31 heavy (non-hydrogen) atoms. The Hall–Kier alpha value is -2.75. The molecule has 0 bridgehead atoms. The number of amides is 1. The Morgan fingerprint density at radius 3 is 2.77 bits per heavy atom. The Morgan fingerprint density at radius 2 is 2.00 bits per heavy atom. The van der Waals surface area contributed by atoms with Gasteiger partial charge in [0, 0.05) is 26.2 Å². The van der Waals surface area contributed by atoms with E-state index in [-0.39, 0.29) is 18.3 Å². The van der Waals surface area contributed by atoms with Crippen LogP contribution in [-0.4, -0.2) is 68.9 Å². The number of carbonyl (C=O) groups excluding carboxylic acids is 1. The third-order valence-corrected chi connectivity index (χ3v) is 6.08. The molecule has 164 valence electrons. The Balaban J connectivity index is 1.52. The molecule has 0 spiro atoms. The van der Waals surface area contributed by atoms with Crippen LogP contribution in [0.2, 0.25) is 0 Å². The maximum Gasteiger partial charge on any atom is 0.266 e. The highest BCUT2D eigenvalue weighted by atomic mass is 32.1. The predicted molar refractivity (Wildman–Crippen MR) is 118 cm³/mol. The molecular formula is C22H24FN3O4S. The van der Waals surface area contributed by atoms with Crippen molar-refractivity contribution in [1.82, 2.24) is 9.88 Å². The number of fused-ring (bicyclic) bond motifs is 1. The van der Waals surface area contributed by atoms with Crippen molar-refractivity contribution < 1.29 is 23.4 Å². The molecule has 0 radical (unpaired) electrons. The fourth-order valence-corrected chi connectivity index (χ4v) is 4.38. The van der Waals surface area contributed by atoms with Crippen LogP contribution in [-0.2, 0) is 9.53 Å². The number of carbonyl (C=O) groups is 1. The third kappa shape index (κ3) is 5.30. The van der Waals surface area contributed by atoms with E-state index in [1.807, 2.05) is 12.1 Å². The normalized spacial score (nSPS) is 14.5. The number of thiazole rings is 1. The van der Waals surface area contributed by atoms with Gasteiger partial charge in [-0.15, -0.1) is 0 Å². The first-order valence-electron chi connectivity index (χ1n) is 10.1. The molecule has 0 atom stereocenters. The molecule has 3 aromatic rings. The highest BCUT2D eigenvalue weighted by molar-refractivity contribution is 7.22. The van der Waals surface area contributed by atoms with Crippen LogP contribution in [0, 0.1) is 5.82 Å². The van der Waals surface area contributed by atoms with Crippen LogP contribution in [0.1, 0.15) is 0 Å². The van der Waals surface area contributed by atoms with E-state index in [0.717, 1.165) is 13.1 Å². The van der Waals surface area contributed by atoms with Crippen molar-refractivity contribution in [1.29, 1.82) is 0 Å². The van der Waals surface area contributed by atoms with Gasteiger partial charge in [-0.25, -0.2) is 9.37 Å². The summed E-state index contributed by atoms with van der Waals surface area (Å²) < 4.78 is 30.8. The molecule has 2 heterocycles. The number of methoxy groups -OCH3 is 1. The van der Waals surface area contributed by atoms with Crippen LogP contribution < -0.4 is 14.4 Å². The molecule has 4 rings (SSSR count). The fraction of sp³-hybridized carbons (Fsp3) is 0.364. The van der Waals surface area contributed by atoms with Crippen molar-refractivity contribution in [3.8, 4) is 11.5 Å². The zero-order chi connectivity index (χ0) is 21.6. The molecule has 0 aliphatic carbocycles. The number of aromatic nitrogens is 1. The minimum atomic E-state index is -0.326. The van der Waals surface area contributed by atoms with Crippen LogP contribution in [0.15, 0.2) is 42.5 Å². The van der Waals surface area contributed by atoms with Gasteiger partial charge in [-0.05, 0) is 30.3 Å². The zero-order valence-electron chi connectivity index (χ0n) is 17.3. The van der Waals surface area contributed by atoms with Crippen LogP contribution in [0.3, 0.4) is 0 Å². The van der Waals surface area contributed by atoms with E-state index >= 15 is 0 Å². The third-order valence-electron chi connectivity index (χ3n) is 5.03. The highest BCUT2D eigenvalue weighted by Crippen LogP contribution is 2.30. The fourth-order valence-electron chi connectivity index (χ4n) is 3.35. The van der Waals surface area contributed by atoms with E-state index in [9.17, 15) is 9.18 Å². The summed E-state index contributed by atoms with van der Waals surface area (Å²) in [5.41, 5.74) is 0.663. The number of morpholine rings is 1. The van der Waals surface area contributed by atoms with Gasteiger partial charge in [0.15, 0.2) is 23.2 Å². The zero-order valence-corrected chi connectivity index (χ0v) is 18.1. The van der Waals surface area contributed by atoms with Gasteiger partial charge in [0.2, 0.25) is 0 Å². The maximum absolute atomic E-state index is 13.6. The second kappa shape index (κ2) is 10.0. The Morgan fingerprint density at radius 1 is 1.23 bits per heavy atom. The van der Waals surface area contributed by atoms with Crippen molar-refractivity contribution in [2.45, 2.75) is 0 Å². The summed E-state index contributed by atoms with van der Waals surface area (Å²) in [5, 5.41) is 0.530. The van der Waals surface area contributed by atoms with Crippen molar-refractivity contribution in [3.05, 3.63) is 48.3 Å². The lowest BCUT2D eigenvalue weighted by Crippen LogP contribution is -2.44. The molecule has 9 heteroatoms. The molecule has 1 saturated heterocycles. The molecular weight excluding hydrogens is 421 g/mol. The first-order valence-corrected chi connectivity index (χ1v) is 10.9. The number of anilines is 1. The first kappa shape index (κ1) is 21.5. The van der Waals surface area contributed by atoms with Gasteiger partial charge in [-0.3, -0.25) is 14.6 Å². The lowest BCUT2D eigenvalue weighted by atomic mass is 10.3. The molecule has 0 saturated carbocycles. The molecule has 1 fully saturated rings. The van der Waals surface area contributed by atoms with Gasteiger partial charge < -0.3 is 14.2 Å². The summed E-state index contributed by atoms with van der Waals surface area (Å²) in [6.07, 6.45) is 0. The number of halogens is 1. The molecule has 2 aromatic carbocycles. The summed E-state index contributed by atoms with van der Waals surface area (Å²) in [6, 6.07) is 11.6. The molecule has 0 unspecified atom stereocenters. The molecule has 7 nitrogen and oxygen atoms in total. The minimum absolute atomic E-state index is 0.159. The monoisotopic (exact) mass is 445 g/mol. The maximum atomic E-state index is 13.6. The van der Waals surface area contributed by atoms with Gasteiger partial charge in [-0.1, -0.05) is 23.5 Å². The SMILES string of the molecule is COc1ccccc1OCC(=O)N(CCN1CCOCC1)c1nc2ccc(F)cc2s1. The Bertz CT molecular complexity index is 1040. The summed E-state index contributed by atoms with van der Waals surface area (Å²) in [4.78, 5) is 21.6. The number of nitrogens with zero attached hydrogens (tertiary/aromatic N) is 3. The molecule has 1 aliphatic rings. The van der Waals surface area contributed by atoms with Crippen molar-refractivity contribution in [2.75, 3.05) is 58.0 Å². The van der Waals surface area contributed by atoms with Crippen molar-refractivity contribution in [3.63, 3.8) is 0 Å². The molecule has 1 aliphatic heterocycles. The first-order chi connectivity index (χ1) is 15.1. The summed E-state index contributed by atoms with van der Waals surface area (Å²) >= 11 is 1.29. The van der Waals surface area contributed by atoms with Gasteiger partial charge in [0.25, 0.3) is 5.91 Å². The average molecular weight is 446 g/mol. The average Bonchev–Trinajstić information content (AvgIpc) is 3.21. The smallest absolute Gasteiger partial charge is 0.266 e.